The molecular weight excluding hydrogens is 218 g/mol. The van der Waals surface area contributed by atoms with E-state index in [9.17, 15) is 5.11 Å². The van der Waals surface area contributed by atoms with E-state index < -0.39 is 5.60 Å². The molecule has 0 spiro atoms. The number of aryl methyl sites for hydroxylation is 1. The quantitative estimate of drug-likeness (QED) is 0.846. The molecule has 90 valence electrons. The first-order valence-corrected chi connectivity index (χ1v) is 7.08. The number of hydrogen-bond acceptors (Lipinski definition) is 3. The van der Waals surface area contributed by atoms with Gasteiger partial charge in [0.05, 0.1) is 5.60 Å². The van der Waals surface area contributed by atoms with Gasteiger partial charge in [0, 0.05) is 11.4 Å². The van der Waals surface area contributed by atoms with Crippen LogP contribution in [0.4, 0.5) is 0 Å². The predicted octanol–water partition coefficient (Wildman–Crippen LogP) is 2.43. The molecule has 1 aliphatic rings. The van der Waals surface area contributed by atoms with E-state index in [0.717, 1.165) is 38.8 Å². The Morgan fingerprint density at radius 2 is 2.50 bits per heavy atom. The molecule has 0 bridgehead atoms. The fourth-order valence-corrected chi connectivity index (χ4v) is 3.33. The lowest BCUT2D eigenvalue weighted by molar-refractivity contribution is -0.0482. The first-order valence-electron chi connectivity index (χ1n) is 6.20. The maximum Gasteiger partial charge on any atom is 0.0703 e. The molecule has 2 atom stereocenters. The predicted molar refractivity (Wildman–Crippen MR) is 68.9 cm³/mol. The molecule has 0 aromatic carbocycles. The van der Waals surface area contributed by atoms with E-state index in [2.05, 4.69) is 29.8 Å². The molecule has 3 heteroatoms. The Bertz CT molecular complexity index is 312. The van der Waals surface area contributed by atoms with E-state index in [1.807, 2.05) is 0 Å². The molecule has 1 saturated heterocycles. The maximum atomic E-state index is 10.7. The second-order valence-electron chi connectivity index (χ2n) is 4.74. The van der Waals surface area contributed by atoms with Gasteiger partial charge in [0.25, 0.3) is 0 Å². The second-order valence-corrected chi connectivity index (χ2v) is 5.77. The monoisotopic (exact) mass is 239 g/mol. The minimum atomic E-state index is -0.440. The van der Waals surface area contributed by atoms with Crippen LogP contribution in [0, 0.1) is 5.92 Å². The van der Waals surface area contributed by atoms with Crippen molar-refractivity contribution in [2.24, 2.45) is 5.92 Å². The third-order valence-electron chi connectivity index (χ3n) is 3.76. The Balaban J connectivity index is 1.94. The van der Waals surface area contributed by atoms with Gasteiger partial charge in [-0.3, -0.25) is 0 Å². The summed E-state index contributed by atoms with van der Waals surface area (Å²) in [6.45, 7) is 4.10. The van der Waals surface area contributed by atoms with Crippen molar-refractivity contribution in [3.05, 3.63) is 22.4 Å². The van der Waals surface area contributed by atoms with Gasteiger partial charge >= 0.3 is 0 Å². The van der Waals surface area contributed by atoms with Crippen molar-refractivity contribution >= 4 is 11.3 Å². The molecule has 0 aliphatic carbocycles. The largest absolute Gasteiger partial charge is 0.389 e. The Labute approximate surface area is 102 Å². The summed E-state index contributed by atoms with van der Waals surface area (Å²) in [6.07, 6.45) is 3.89. The zero-order valence-corrected chi connectivity index (χ0v) is 10.7. The Kier molecular flexibility index (Phi) is 4.00. The fraction of sp³-hybridized carbons (Fsp3) is 0.692. The topological polar surface area (TPSA) is 32.3 Å². The number of aliphatic hydroxyl groups is 1. The third-order valence-corrected chi connectivity index (χ3v) is 4.70. The Hall–Kier alpha value is -0.380. The van der Waals surface area contributed by atoms with Gasteiger partial charge in [-0.25, -0.2) is 0 Å². The smallest absolute Gasteiger partial charge is 0.0703 e. The van der Waals surface area contributed by atoms with E-state index in [1.165, 1.54) is 4.88 Å². The van der Waals surface area contributed by atoms with Crippen molar-refractivity contribution < 1.29 is 5.11 Å². The zero-order valence-electron chi connectivity index (χ0n) is 9.91. The van der Waals surface area contributed by atoms with Gasteiger partial charge in [0.15, 0.2) is 0 Å². The minimum absolute atomic E-state index is 0.418. The molecule has 0 saturated carbocycles. The fourth-order valence-electron chi connectivity index (χ4n) is 2.62. The summed E-state index contributed by atoms with van der Waals surface area (Å²) in [5.41, 5.74) is -0.440. The van der Waals surface area contributed by atoms with Gasteiger partial charge in [0.1, 0.15) is 0 Å². The summed E-state index contributed by atoms with van der Waals surface area (Å²) in [6, 6.07) is 4.25. The van der Waals surface area contributed by atoms with Crippen molar-refractivity contribution in [2.75, 3.05) is 13.1 Å². The lowest BCUT2D eigenvalue weighted by Gasteiger charge is -2.40. The van der Waals surface area contributed by atoms with Crippen LogP contribution in [0.1, 0.15) is 31.1 Å². The van der Waals surface area contributed by atoms with Crippen molar-refractivity contribution in [2.45, 2.75) is 38.2 Å². The minimum Gasteiger partial charge on any atom is -0.389 e. The van der Waals surface area contributed by atoms with Crippen molar-refractivity contribution in [1.29, 1.82) is 0 Å². The maximum absolute atomic E-state index is 10.7. The highest BCUT2D eigenvalue weighted by molar-refractivity contribution is 7.09. The molecule has 2 heterocycles. The van der Waals surface area contributed by atoms with Crippen LogP contribution < -0.4 is 5.32 Å². The number of rotatable bonds is 4. The molecule has 2 nitrogen and oxygen atoms in total. The molecule has 1 aliphatic heterocycles. The standard InChI is InChI=1S/C13H21NOS/c1-2-11-10-14-8-7-13(11,15)6-5-12-4-3-9-16-12/h3-4,9,11,14-15H,2,5-8,10H2,1H3. The van der Waals surface area contributed by atoms with Crippen molar-refractivity contribution in [3.63, 3.8) is 0 Å². The number of nitrogens with one attached hydrogen (secondary N) is 1. The molecule has 1 aromatic rings. The van der Waals surface area contributed by atoms with Crippen LogP contribution in [0.3, 0.4) is 0 Å². The van der Waals surface area contributed by atoms with Crippen LogP contribution in [-0.4, -0.2) is 23.8 Å². The van der Waals surface area contributed by atoms with Gasteiger partial charge in [-0.1, -0.05) is 13.0 Å². The Morgan fingerprint density at radius 3 is 3.19 bits per heavy atom. The molecule has 1 fully saturated rings. The van der Waals surface area contributed by atoms with Crippen LogP contribution in [-0.2, 0) is 6.42 Å². The summed E-state index contributed by atoms with van der Waals surface area (Å²) in [7, 11) is 0. The van der Waals surface area contributed by atoms with E-state index >= 15 is 0 Å². The van der Waals surface area contributed by atoms with Crippen LogP contribution in [0.5, 0.6) is 0 Å². The van der Waals surface area contributed by atoms with Gasteiger partial charge in [-0.05, 0) is 49.6 Å². The summed E-state index contributed by atoms with van der Waals surface area (Å²) < 4.78 is 0. The van der Waals surface area contributed by atoms with E-state index in [1.54, 1.807) is 11.3 Å². The van der Waals surface area contributed by atoms with Crippen molar-refractivity contribution in [1.82, 2.24) is 5.32 Å². The first kappa shape index (κ1) is 12.1. The van der Waals surface area contributed by atoms with Gasteiger partial charge in [-0.2, -0.15) is 0 Å². The second kappa shape index (κ2) is 5.30. The highest BCUT2D eigenvalue weighted by Gasteiger charge is 2.37. The number of hydrogen-bond donors (Lipinski definition) is 2. The van der Waals surface area contributed by atoms with Gasteiger partial charge in [0.2, 0.25) is 0 Å². The molecule has 2 unspecified atom stereocenters. The molecule has 1 aromatic heterocycles. The van der Waals surface area contributed by atoms with E-state index in [0.29, 0.717) is 5.92 Å². The molecule has 0 radical (unpaired) electrons. The molecule has 2 N–H and O–H groups in total. The van der Waals surface area contributed by atoms with Crippen LogP contribution in [0.2, 0.25) is 0 Å². The van der Waals surface area contributed by atoms with Crippen LogP contribution in [0.25, 0.3) is 0 Å². The summed E-state index contributed by atoms with van der Waals surface area (Å²) in [4.78, 5) is 1.39. The first-order chi connectivity index (χ1) is 7.74. The summed E-state index contributed by atoms with van der Waals surface area (Å²) >= 11 is 1.79. The number of thiophene rings is 1. The number of piperidine rings is 1. The van der Waals surface area contributed by atoms with E-state index in [-0.39, 0.29) is 0 Å². The van der Waals surface area contributed by atoms with Crippen LogP contribution >= 0.6 is 11.3 Å². The summed E-state index contributed by atoms with van der Waals surface area (Å²) in [5, 5.41) is 16.2. The van der Waals surface area contributed by atoms with E-state index in [4.69, 9.17) is 0 Å². The molecule has 2 rings (SSSR count). The SMILES string of the molecule is CCC1CNCCC1(O)CCc1cccs1. The lowest BCUT2D eigenvalue weighted by Crippen LogP contribution is -2.50. The van der Waals surface area contributed by atoms with Gasteiger partial charge in [-0.15, -0.1) is 11.3 Å². The average Bonchev–Trinajstić information content (AvgIpc) is 2.80. The lowest BCUT2D eigenvalue weighted by atomic mass is 9.77. The zero-order chi connectivity index (χ0) is 11.4. The van der Waals surface area contributed by atoms with Crippen molar-refractivity contribution in [3.8, 4) is 0 Å². The highest BCUT2D eigenvalue weighted by atomic mass is 32.1. The average molecular weight is 239 g/mol. The van der Waals surface area contributed by atoms with Gasteiger partial charge < -0.3 is 10.4 Å². The van der Waals surface area contributed by atoms with Crippen LogP contribution in [0.15, 0.2) is 17.5 Å². The molecule has 16 heavy (non-hydrogen) atoms. The molecular formula is C13H21NOS. The molecule has 0 amide bonds. The highest BCUT2D eigenvalue weighted by Crippen LogP contribution is 2.32. The normalized spacial score (nSPS) is 30.5. The Morgan fingerprint density at radius 1 is 1.62 bits per heavy atom. The summed E-state index contributed by atoms with van der Waals surface area (Å²) in [5.74, 6) is 0.418. The third kappa shape index (κ3) is 2.65.